The van der Waals surface area contributed by atoms with Gasteiger partial charge >= 0.3 is 6.18 Å². The van der Waals surface area contributed by atoms with E-state index in [4.69, 9.17) is 0 Å². The average molecular weight is 370 g/mol. The van der Waals surface area contributed by atoms with E-state index >= 15 is 0 Å². The van der Waals surface area contributed by atoms with Crippen molar-refractivity contribution >= 4 is 5.91 Å². The molecular weight excluding hydrogens is 341 g/mol. The lowest BCUT2D eigenvalue weighted by Crippen LogP contribution is -2.43. The zero-order valence-electron chi connectivity index (χ0n) is 15.4. The normalized spacial score (nSPS) is 16.7. The number of rotatable bonds is 10. The van der Waals surface area contributed by atoms with E-state index in [1.807, 2.05) is 0 Å². The van der Waals surface area contributed by atoms with Gasteiger partial charge in [-0.2, -0.15) is 13.2 Å². The van der Waals surface area contributed by atoms with Crippen molar-refractivity contribution in [1.29, 1.82) is 0 Å². The molecular formula is C20H29F3N2O. The van der Waals surface area contributed by atoms with Crippen LogP contribution in [-0.4, -0.2) is 23.6 Å². The van der Waals surface area contributed by atoms with Crippen LogP contribution in [0.2, 0.25) is 0 Å². The van der Waals surface area contributed by atoms with Gasteiger partial charge < -0.3 is 0 Å². The molecule has 2 rings (SSSR count). The van der Waals surface area contributed by atoms with E-state index in [2.05, 4.69) is 12.3 Å². The topological polar surface area (TPSA) is 32.3 Å². The molecule has 146 valence electrons. The van der Waals surface area contributed by atoms with Crippen molar-refractivity contribution in [3.8, 4) is 0 Å². The summed E-state index contributed by atoms with van der Waals surface area (Å²) in [6.45, 7) is 2.27. The minimum absolute atomic E-state index is 0.0722. The maximum absolute atomic E-state index is 13.5. The fourth-order valence-electron chi connectivity index (χ4n) is 3.39. The number of alkyl halides is 3. The lowest BCUT2D eigenvalue weighted by atomic mass is 10.0. The summed E-state index contributed by atoms with van der Waals surface area (Å²) in [6, 6.07) is 4.85. The minimum Gasteiger partial charge on any atom is -0.288 e. The molecule has 1 fully saturated rings. The Morgan fingerprint density at radius 2 is 1.65 bits per heavy atom. The first-order valence-corrected chi connectivity index (χ1v) is 9.63. The standard InChI is InChI=1S/C20H29F3N2O/c1-2-3-4-5-6-7-8-9-16-10-12-17(13-11-16)19(20(21,22)23)25-15-14-18(26)24-25/h10-13,19H,2-9,14-15H2,1H3,(H,24,26). The molecule has 1 aromatic rings. The van der Waals surface area contributed by atoms with Crippen LogP contribution in [0.4, 0.5) is 13.2 Å². The molecule has 1 amide bonds. The van der Waals surface area contributed by atoms with Gasteiger partial charge in [0.2, 0.25) is 5.91 Å². The van der Waals surface area contributed by atoms with E-state index in [-0.39, 0.29) is 24.4 Å². The number of amides is 1. The minimum atomic E-state index is -4.43. The van der Waals surface area contributed by atoms with E-state index in [1.54, 1.807) is 24.3 Å². The zero-order valence-corrected chi connectivity index (χ0v) is 15.4. The average Bonchev–Trinajstić information content (AvgIpc) is 3.00. The van der Waals surface area contributed by atoms with Crippen molar-refractivity contribution in [1.82, 2.24) is 10.4 Å². The number of hydrogen-bond acceptors (Lipinski definition) is 2. The lowest BCUT2D eigenvalue weighted by molar-refractivity contribution is -0.191. The van der Waals surface area contributed by atoms with Gasteiger partial charge in [-0.3, -0.25) is 10.2 Å². The third-order valence-corrected chi connectivity index (χ3v) is 4.83. The predicted octanol–water partition coefficient (Wildman–Crippen LogP) is 5.32. The van der Waals surface area contributed by atoms with Gasteiger partial charge in [0.25, 0.3) is 0 Å². The number of hydrazine groups is 1. The largest absolute Gasteiger partial charge is 0.409 e. The van der Waals surface area contributed by atoms with E-state index < -0.39 is 12.2 Å². The molecule has 0 aliphatic carbocycles. The van der Waals surface area contributed by atoms with Crippen LogP contribution in [-0.2, 0) is 11.2 Å². The number of nitrogens with one attached hydrogen (secondary N) is 1. The van der Waals surface area contributed by atoms with Gasteiger partial charge in [-0.1, -0.05) is 69.7 Å². The number of aryl methyl sites for hydroxylation is 1. The molecule has 3 nitrogen and oxygen atoms in total. The van der Waals surface area contributed by atoms with Crippen LogP contribution in [0.25, 0.3) is 0 Å². The highest BCUT2D eigenvalue weighted by Crippen LogP contribution is 2.37. The number of unbranched alkanes of at least 4 members (excludes halogenated alkanes) is 6. The number of carbonyl (C=O) groups excluding carboxylic acids is 1. The molecule has 1 aliphatic rings. The summed E-state index contributed by atoms with van der Waals surface area (Å²) in [5.41, 5.74) is 3.54. The summed E-state index contributed by atoms with van der Waals surface area (Å²) in [6.07, 6.45) is 5.10. The molecule has 1 saturated heterocycles. The van der Waals surface area contributed by atoms with Gasteiger partial charge in [0, 0.05) is 13.0 Å². The van der Waals surface area contributed by atoms with Crippen molar-refractivity contribution in [3.63, 3.8) is 0 Å². The zero-order chi connectivity index (χ0) is 19.0. The summed E-state index contributed by atoms with van der Waals surface area (Å²) >= 11 is 0. The molecule has 1 aromatic carbocycles. The molecule has 1 atom stereocenters. The predicted molar refractivity (Wildman–Crippen MR) is 96.4 cm³/mol. The molecule has 0 spiro atoms. The first kappa shape index (κ1) is 20.7. The second-order valence-electron chi connectivity index (χ2n) is 7.04. The van der Waals surface area contributed by atoms with Gasteiger partial charge in [-0.15, -0.1) is 0 Å². The van der Waals surface area contributed by atoms with Crippen molar-refractivity contribution in [2.24, 2.45) is 0 Å². The van der Waals surface area contributed by atoms with Crippen molar-refractivity contribution < 1.29 is 18.0 Å². The van der Waals surface area contributed by atoms with Gasteiger partial charge in [-0.25, -0.2) is 5.01 Å². The SMILES string of the molecule is CCCCCCCCCc1ccc(C(N2CCC(=O)N2)C(F)(F)F)cc1. The maximum atomic E-state index is 13.5. The molecule has 26 heavy (non-hydrogen) atoms. The van der Waals surface area contributed by atoms with Gasteiger partial charge in [-0.05, 0) is 24.0 Å². The van der Waals surface area contributed by atoms with Gasteiger partial charge in [0.15, 0.2) is 0 Å². The Morgan fingerprint density at radius 1 is 1.04 bits per heavy atom. The van der Waals surface area contributed by atoms with Crippen LogP contribution in [0, 0.1) is 0 Å². The van der Waals surface area contributed by atoms with Crippen molar-refractivity contribution in [2.75, 3.05) is 6.54 Å². The number of carbonyl (C=O) groups is 1. The highest BCUT2D eigenvalue weighted by molar-refractivity contribution is 5.77. The van der Waals surface area contributed by atoms with Crippen LogP contribution < -0.4 is 5.43 Å². The molecule has 1 heterocycles. The number of hydrogen-bond donors (Lipinski definition) is 1. The molecule has 1 aliphatic heterocycles. The third-order valence-electron chi connectivity index (χ3n) is 4.83. The van der Waals surface area contributed by atoms with Crippen molar-refractivity contribution in [2.45, 2.75) is 76.9 Å². The summed E-state index contributed by atoms with van der Waals surface area (Å²) in [4.78, 5) is 11.3. The fraction of sp³-hybridized carbons (Fsp3) is 0.650. The number of nitrogens with zero attached hydrogens (tertiary/aromatic N) is 1. The van der Waals surface area contributed by atoms with E-state index in [0.29, 0.717) is 0 Å². The van der Waals surface area contributed by atoms with Gasteiger partial charge in [0.05, 0.1) is 0 Å². The van der Waals surface area contributed by atoms with Crippen LogP contribution in [0.5, 0.6) is 0 Å². The Balaban J connectivity index is 1.87. The van der Waals surface area contributed by atoms with Crippen LogP contribution in [0.15, 0.2) is 24.3 Å². The summed E-state index contributed by atoms with van der Waals surface area (Å²) in [5, 5.41) is 0.994. The van der Waals surface area contributed by atoms with Crippen LogP contribution in [0.3, 0.4) is 0 Å². The second kappa shape index (κ2) is 9.95. The monoisotopic (exact) mass is 370 g/mol. The number of halogens is 3. The summed E-state index contributed by atoms with van der Waals surface area (Å²) in [5.74, 6) is -0.366. The molecule has 0 bridgehead atoms. The fourth-order valence-corrected chi connectivity index (χ4v) is 3.39. The van der Waals surface area contributed by atoms with E-state index in [9.17, 15) is 18.0 Å². The Bertz CT molecular complexity index is 557. The third kappa shape index (κ3) is 6.31. The molecule has 0 saturated carbocycles. The molecule has 1 N–H and O–H groups in total. The summed E-state index contributed by atoms with van der Waals surface area (Å²) in [7, 11) is 0. The molecule has 0 radical (unpaired) electrons. The first-order valence-electron chi connectivity index (χ1n) is 9.63. The summed E-state index contributed by atoms with van der Waals surface area (Å²) < 4.78 is 40.4. The highest BCUT2D eigenvalue weighted by atomic mass is 19.4. The maximum Gasteiger partial charge on any atom is 0.409 e. The van der Waals surface area contributed by atoms with E-state index in [0.717, 1.165) is 29.8 Å². The van der Waals surface area contributed by atoms with Gasteiger partial charge in [0.1, 0.15) is 6.04 Å². The Labute approximate surface area is 153 Å². The Kier molecular flexibility index (Phi) is 7.94. The van der Waals surface area contributed by atoms with Crippen LogP contribution in [0.1, 0.15) is 75.5 Å². The molecule has 0 aromatic heterocycles. The first-order chi connectivity index (χ1) is 12.4. The molecule has 6 heteroatoms. The lowest BCUT2D eigenvalue weighted by Gasteiger charge is -2.29. The Hall–Kier alpha value is -1.56. The molecule has 1 unspecified atom stereocenters. The highest BCUT2D eigenvalue weighted by Gasteiger charge is 2.46. The second-order valence-corrected chi connectivity index (χ2v) is 7.04. The number of benzene rings is 1. The van der Waals surface area contributed by atoms with E-state index in [1.165, 1.54) is 32.1 Å². The quantitative estimate of drug-likeness (QED) is 0.565. The smallest absolute Gasteiger partial charge is 0.288 e. The van der Waals surface area contributed by atoms with Crippen LogP contribution >= 0.6 is 0 Å². The Morgan fingerprint density at radius 3 is 2.19 bits per heavy atom. The van der Waals surface area contributed by atoms with Crippen molar-refractivity contribution in [3.05, 3.63) is 35.4 Å².